The topological polar surface area (TPSA) is 20.2 Å². The minimum absolute atomic E-state index is 0.0993. The summed E-state index contributed by atoms with van der Waals surface area (Å²) in [5.41, 5.74) is 1.69. The van der Waals surface area contributed by atoms with Crippen LogP contribution in [0.2, 0.25) is 0 Å². The van der Waals surface area contributed by atoms with Crippen LogP contribution < -0.4 is 0 Å². The first-order valence-electron chi connectivity index (χ1n) is 6.23. The summed E-state index contributed by atoms with van der Waals surface area (Å²) in [5, 5.41) is 10.1. The van der Waals surface area contributed by atoms with Crippen LogP contribution in [0.3, 0.4) is 0 Å². The first-order valence-corrected chi connectivity index (χ1v) is 6.23. The second kappa shape index (κ2) is 5.16. The van der Waals surface area contributed by atoms with E-state index in [0.29, 0.717) is 11.3 Å². The molecular formula is C14H26O. The SMILES string of the molecule is C=C(C)CCC(O)C1CCC(C)(C)CC1. The van der Waals surface area contributed by atoms with Gasteiger partial charge in [0.1, 0.15) is 0 Å². The molecule has 0 bridgehead atoms. The molecular weight excluding hydrogens is 184 g/mol. The molecule has 0 aromatic rings. The Morgan fingerprint density at radius 2 is 1.93 bits per heavy atom. The van der Waals surface area contributed by atoms with Crippen LogP contribution in [0.25, 0.3) is 0 Å². The van der Waals surface area contributed by atoms with Gasteiger partial charge in [-0.15, -0.1) is 6.58 Å². The van der Waals surface area contributed by atoms with Crippen molar-refractivity contribution in [2.75, 3.05) is 0 Å². The Morgan fingerprint density at radius 1 is 1.40 bits per heavy atom. The third kappa shape index (κ3) is 4.38. The quantitative estimate of drug-likeness (QED) is 0.697. The third-order valence-electron chi connectivity index (χ3n) is 3.79. The summed E-state index contributed by atoms with van der Waals surface area (Å²) in [6.07, 6.45) is 6.71. The normalized spacial score (nSPS) is 23.7. The fourth-order valence-electron chi connectivity index (χ4n) is 2.44. The van der Waals surface area contributed by atoms with E-state index < -0.39 is 0 Å². The van der Waals surface area contributed by atoms with Crippen molar-refractivity contribution in [3.8, 4) is 0 Å². The zero-order valence-corrected chi connectivity index (χ0v) is 10.6. The lowest BCUT2D eigenvalue weighted by Gasteiger charge is -2.36. The van der Waals surface area contributed by atoms with Crippen LogP contribution in [-0.2, 0) is 0 Å². The van der Waals surface area contributed by atoms with E-state index in [1.807, 2.05) is 6.92 Å². The summed E-state index contributed by atoms with van der Waals surface area (Å²) in [5.74, 6) is 0.539. The fourth-order valence-corrected chi connectivity index (χ4v) is 2.44. The highest BCUT2D eigenvalue weighted by Gasteiger charge is 2.30. The van der Waals surface area contributed by atoms with Crippen molar-refractivity contribution in [1.29, 1.82) is 0 Å². The second-order valence-corrected chi connectivity index (χ2v) is 6.06. The Balaban J connectivity index is 2.30. The van der Waals surface area contributed by atoms with Crippen molar-refractivity contribution in [3.05, 3.63) is 12.2 Å². The monoisotopic (exact) mass is 210 g/mol. The summed E-state index contributed by atoms with van der Waals surface area (Å²) >= 11 is 0. The summed E-state index contributed by atoms with van der Waals surface area (Å²) in [6, 6.07) is 0. The van der Waals surface area contributed by atoms with Gasteiger partial charge in [0, 0.05) is 0 Å². The number of allylic oxidation sites excluding steroid dienone is 1. The number of hydrogen-bond acceptors (Lipinski definition) is 1. The molecule has 0 aliphatic heterocycles. The molecule has 0 aromatic carbocycles. The molecule has 0 amide bonds. The molecule has 1 N–H and O–H groups in total. The van der Waals surface area contributed by atoms with E-state index in [0.717, 1.165) is 12.8 Å². The second-order valence-electron chi connectivity index (χ2n) is 6.06. The molecule has 0 heterocycles. The standard InChI is InChI=1S/C14H26O/c1-11(2)5-6-13(15)12-7-9-14(3,4)10-8-12/h12-13,15H,1,5-10H2,2-4H3. The Morgan fingerprint density at radius 3 is 2.40 bits per heavy atom. The molecule has 0 radical (unpaired) electrons. The summed E-state index contributed by atoms with van der Waals surface area (Å²) in [6.45, 7) is 10.6. The predicted octanol–water partition coefficient (Wildman–Crippen LogP) is 3.92. The van der Waals surface area contributed by atoms with Crippen molar-refractivity contribution in [2.45, 2.75) is 65.4 Å². The Labute approximate surface area is 94.6 Å². The molecule has 15 heavy (non-hydrogen) atoms. The van der Waals surface area contributed by atoms with Gasteiger partial charge in [0.2, 0.25) is 0 Å². The molecule has 1 nitrogen and oxygen atoms in total. The van der Waals surface area contributed by atoms with Gasteiger partial charge in [-0.05, 0) is 56.8 Å². The molecule has 1 heteroatoms. The van der Waals surface area contributed by atoms with E-state index in [-0.39, 0.29) is 6.10 Å². The fraction of sp³-hybridized carbons (Fsp3) is 0.857. The maximum Gasteiger partial charge on any atom is 0.0571 e. The molecule has 1 aliphatic carbocycles. The molecule has 1 saturated carbocycles. The number of rotatable bonds is 4. The maximum absolute atomic E-state index is 10.1. The van der Waals surface area contributed by atoms with Gasteiger partial charge in [0.25, 0.3) is 0 Å². The van der Waals surface area contributed by atoms with E-state index >= 15 is 0 Å². The van der Waals surface area contributed by atoms with Crippen molar-refractivity contribution < 1.29 is 5.11 Å². The first kappa shape index (κ1) is 12.8. The highest BCUT2D eigenvalue weighted by molar-refractivity contribution is 4.90. The lowest BCUT2D eigenvalue weighted by Crippen LogP contribution is -2.29. The minimum Gasteiger partial charge on any atom is -0.393 e. The Hall–Kier alpha value is -0.300. The molecule has 1 fully saturated rings. The van der Waals surface area contributed by atoms with Crippen molar-refractivity contribution in [3.63, 3.8) is 0 Å². The zero-order chi connectivity index (χ0) is 11.5. The molecule has 88 valence electrons. The lowest BCUT2D eigenvalue weighted by molar-refractivity contribution is 0.0518. The summed E-state index contributed by atoms with van der Waals surface area (Å²) in [7, 11) is 0. The average molecular weight is 210 g/mol. The van der Waals surface area contributed by atoms with Gasteiger partial charge >= 0.3 is 0 Å². The maximum atomic E-state index is 10.1. The first-order chi connectivity index (χ1) is 6.91. The molecule has 1 unspecified atom stereocenters. The van der Waals surface area contributed by atoms with E-state index in [1.165, 1.54) is 31.3 Å². The molecule has 1 atom stereocenters. The smallest absolute Gasteiger partial charge is 0.0571 e. The van der Waals surface area contributed by atoms with Gasteiger partial charge in [-0.1, -0.05) is 19.4 Å². The van der Waals surface area contributed by atoms with Crippen LogP contribution in [0.5, 0.6) is 0 Å². The van der Waals surface area contributed by atoms with Gasteiger partial charge in [-0.25, -0.2) is 0 Å². The number of hydrogen-bond donors (Lipinski definition) is 1. The van der Waals surface area contributed by atoms with E-state index in [1.54, 1.807) is 0 Å². The highest BCUT2D eigenvalue weighted by atomic mass is 16.3. The summed E-state index contributed by atoms with van der Waals surface area (Å²) in [4.78, 5) is 0. The van der Waals surface area contributed by atoms with Crippen LogP contribution in [-0.4, -0.2) is 11.2 Å². The van der Waals surface area contributed by atoms with E-state index in [4.69, 9.17) is 0 Å². The zero-order valence-electron chi connectivity index (χ0n) is 10.6. The van der Waals surface area contributed by atoms with Gasteiger partial charge in [0.05, 0.1) is 6.10 Å². The molecule has 1 rings (SSSR count). The van der Waals surface area contributed by atoms with Crippen LogP contribution in [0.1, 0.15) is 59.3 Å². The molecule has 0 spiro atoms. The van der Waals surface area contributed by atoms with Crippen LogP contribution in [0.15, 0.2) is 12.2 Å². The molecule has 0 aromatic heterocycles. The van der Waals surface area contributed by atoms with Crippen molar-refractivity contribution in [1.82, 2.24) is 0 Å². The van der Waals surface area contributed by atoms with Crippen LogP contribution in [0, 0.1) is 11.3 Å². The molecule has 0 saturated heterocycles. The van der Waals surface area contributed by atoms with E-state index in [2.05, 4.69) is 20.4 Å². The number of aliphatic hydroxyl groups is 1. The average Bonchev–Trinajstić information content (AvgIpc) is 2.14. The van der Waals surface area contributed by atoms with Crippen LogP contribution >= 0.6 is 0 Å². The van der Waals surface area contributed by atoms with Crippen LogP contribution in [0.4, 0.5) is 0 Å². The Bertz CT molecular complexity index is 207. The van der Waals surface area contributed by atoms with Crippen molar-refractivity contribution in [2.24, 2.45) is 11.3 Å². The number of aliphatic hydroxyl groups excluding tert-OH is 1. The lowest BCUT2D eigenvalue weighted by atomic mass is 9.71. The van der Waals surface area contributed by atoms with Gasteiger partial charge < -0.3 is 5.11 Å². The van der Waals surface area contributed by atoms with Crippen molar-refractivity contribution >= 4 is 0 Å². The predicted molar refractivity (Wildman–Crippen MR) is 65.8 cm³/mol. The van der Waals surface area contributed by atoms with Gasteiger partial charge in [-0.3, -0.25) is 0 Å². The van der Waals surface area contributed by atoms with Gasteiger partial charge in [-0.2, -0.15) is 0 Å². The minimum atomic E-state index is -0.0993. The molecule has 1 aliphatic rings. The van der Waals surface area contributed by atoms with Gasteiger partial charge in [0.15, 0.2) is 0 Å². The highest BCUT2D eigenvalue weighted by Crippen LogP contribution is 2.39. The third-order valence-corrected chi connectivity index (χ3v) is 3.79. The Kier molecular flexibility index (Phi) is 4.39. The largest absolute Gasteiger partial charge is 0.393 e. The van der Waals surface area contributed by atoms with E-state index in [9.17, 15) is 5.11 Å². The summed E-state index contributed by atoms with van der Waals surface area (Å²) < 4.78 is 0.